The fraction of sp³-hybridized carbons (Fsp3) is 0.667. The van der Waals surface area contributed by atoms with E-state index in [0.717, 1.165) is 95.6 Å². The first-order valence-electron chi connectivity index (χ1n) is 28.2. The monoisotopic (exact) mass is 1300 g/mol. The van der Waals surface area contributed by atoms with Crippen molar-refractivity contribution >= 4 is 83.3 Å². The minimum absolute atomic E-state index is 0.411. The maximum Gasteiger partial charge on any atom is 0.303 e. The second kappa shape index (κ2) is 33.8. The summed E-state index contributed by atoms with van der Waals surface area (Å²) in [6, 6.07) is 6.81. The lowest BCUT2D eigenvalue weighted by Crippen LogP contribution is -2.69. The Morgan fingerprint density at radius 1 is 0.297 bits per heavy atom. The highest BCUT2D eigenvalue weighted by molar-refractivity contribution is 5.71. The van der Waals surface area contributed by atoms with Crippen LogP contribution >= 0.6 is 0 Å². The van der Waals surface area contributed by atoms with Crippen LogP contribution in [0.2, 0.25) is 0 Å². The largest absolute Gasteiger partial charge is 0.463 e. The van der Waals surface area contributed by atoms with Crippen LogP contribution < -0.4 is 5.32 Å². The summed E-state index contributed by atoms with van der Waals surface area (Å²) in [5, 5.41) is 3.07. The summed E-state index contributed by atoms with van der Waals surface area (Å²) in [6.07, 6.45) is -37.6. The number of aryl methyl sites for hydroxylation is 1. The predicted octanol–water partition coefficient (Wildman–Crippen LogP) is 0.0998. The molecule has 4 heterocycles. The zero-order chi connectivity index (χ0) is 67.7. The van der Waals surface area contributed by atoms with Gasteiger partial charge in [0, 0.05) is 95.7 Å². The molecule has 91 heavy (non-hydrogen) atoms. The first-order chi connectivity index (χ1) is 42.7. The van der Waals surface area contributed by atoms with Gasteiger partial charge in [0.2, 0.25) is 0 Å². The van der Waals surface area contributed by atoms with E-state index in [2.05, 4.69) is 5.32 Å². The van der Waals surface area contributed by atoms with Gasteiger partial charge in [-0.1, -0.05) is 17.7 Å². The summed E-state index contributed by atoms with van der Waals surface area (Å²) in [7, 11) is 0. The number of nitrogens with one attached hydrogen (secondary N) is 1. The molecule has 0 spiro atoms. The van der Waals surface area contributed by atoms with Crippen LogP contribution in [0.5, 0.6) is 0 Å². The van der Waals surface area contributed by atoms with Crippen LogP contribution in [0.3, 0.4) is 0 Å². The lowest BCUT2D eigenvalue weighted by molar-refractivity contribution is -0.385. The summed E-state index contributed by atoms with van der Waals surface area (Å²) >= 11 is 0. The molecule has 5 rings (SSSR count). The lowest BCUT2D eigenvalue weighted by atomic mass is 9.94. The van der Waals surface area contributed by atoms with E-state index in [0.29, 0.717) is 5.69 Å². The van der Waals surface area contributed by atoms with Crippen LogP contribution in [-0.4, -0.2) is 227 Å². The van der Waals surface area contributed by atoms with E-state index in [4.69, 9.17) is 94.7 Å². The van der Waals surface area contributed by atoms with Crippen LogP contribution in [0.25, 0.3) is 0 Å². The molecule has 4 aliphatic rings. The Morgan fingerprint density at radius 2 is 0.527 bits per heavy atom. The van der Waals surface area contributed by atoms with Crippen LogP contribution in [0.15, 0.2) is 24.3 Å². The standard InChI is InChI=1S/C57H75NO33/c1-23-15-17-37(18-16-23)58-54-50(81-33(11)68)46(77-29(7)64)43(38(85-54)19-72-24(2)59)89-56-52(83-35(13)70)48(79-31(9)66)45(40(87-56)21-74-26(4)61)91-57-53(84-36(14)71)49(80-32(10)67)44(41(88-57)22-75-27(5)62)90-55-51(82-34(12)69)47(78-30(8)65)42(76-28(6)63)39(86-55)20-73-25(3)60/h15-18,38-58H,19-22H2,1-14H3/t38-,39-,40-,41-,42-,43-,44-,45-,46+,47+,48+,49+,50-,51-,52-,53-,54?,55+,56+,57+/m1/s1. The fourth-order valence-electron chi connectivity index (χ4n) is 10.0. The topological polar surface area (TPSA) is 419 Å². The number of esters is 13. The van der Waals surface area contributed by atoms with Gasteiger partial charge in [0.15, 0.2) is 80.0 Å². The van der Waals surface area contributed by atoms with Crippen molar-refractivity contribution in [2.24, 2.45) is 0 Å². The number of hydrogen-bond donors (Lipinski definition) is 1. The van der Waals surface area contributed by atoms with E-state index < -0.39 is 227 Å². The normalized spacial score (nSPS) is 31.0. The predicted molar refractivity (Wildman–Crippen MR) is 291 cm³/mol. The second-order valence-electron chi connectivity index (χ2n) is 20.9. The van der Waals surface area contributed by atoms with Crippen molar-refractivity contribution in [3.63, 3.8) is 0 Å². The van der Waals surface area contributed by atoms with Crippen molar-refractivity contribution < 1.29 is 157 Å². The van der Waals surface area contributed by atoms with E-state index in [-0.39, 0.29) is 0 Å². The van der Waals surface area contributed by atoms with E-state index in [1.165, 1.54) is 0 Å². The van der Waals surface area contributed by atoms with Gasteiger partial charge < -0.3 is 100 Å². The van der Waals surface area contributed by atoms with Crippen molar-refractivity contribution in [2.45, 2.75) is 220 Å². The maximum atomic E-state index is 13.4. The number of carbonyl (C=O) groups is 13. The summed E-state index contributed by atoms with van der Waals surface area (Å²) in [5.74, 6) is -13.1. The van der Waals surface area contributed by atoms with Crippen LogP contribution in [0.1, 0.15) is 95.6 Å². The first-order valence-corrected chi connectivity index (χ1v) is 28.2. The van der Waals surface area contributed by atoms with Gasteiger partial charge in [-0.25, -0.2) is 0 Å². The third kappa shape index (κ3) is 22.0. The quantitative estimate of drug-likeness (QED) is 0.100. The molecule has 1 aromatic carbocycles. The molecule has 1 N–H and O–H groups in total. The molecule has 0 saturated carbocycles. The molecule has 0 radical (unpaired) electrons. The molecule has 506 valence electrons. The lowest BCUT2D eigenvalue weighted by Gasteiger charge is -2.51. The molecule has 0 aromatic heterocycles. The Bertz CT molecular complexity index is 2790. The third-order valence-corrected chi connectivity index (χ3v) is 13.2. The number of ether oxygens (including phenoxy) is 20. The van der Waals surface area contributed by atoms with Crippen molar-refractivity contribution in [3.05, 3.63) is 29.8 Å². The summed E-state index contributed by atoms with van der Waals surface area (Å²) in [6.45, 7) is 11.3. The molecule has 1 unspecified atom stereocenters. The molecular weight excluding hydrogens is 1230 g/mol. The molecule has 0 bridgehead atoms. The third-order valence-electron chi connectivity index (χ3n) is 13.2. The Kier molecular flexibility index (Phi) is 27.3. The first kappa shape index (κ1) is 73.6. The van der Waals surface area contributed by atoms with Gasteiger partial charge in [0.05, 0.1) is 0 Å². The second-order valence-corrected chi connectivity index (χ2v) is 20.9. The number of hydrogen-bond acceptors (Lipinski definition) is 34. The van der Waals surface area contributed by atoms with Crippen LogP contribution in [-0.2, 0) is 157 Å². The minimum atomic E-state index is -2.21. The van der Waals surface area contributed by atoms with E-state index in [9.17, 15) is 62.3 Å². The molecule has 1 aromatic rings. The zero-order valence-corrected chi connectivity index (χ0v) is 52.2. The van der Waals surface area contributed by atoms with Gasteiger partial charge in [-0.3, -0.25) is 62.3 Å². The maximum absolute atomic E-state index is 13.4. The van der Waals surface area contributed by atoms with Gasteiger partial charge in [0.1, 0.15) is 69.2 Å². The van der Waals surface area contributed by atoms with E-state index >= 15 is 0 Å². The highest BCUT2D eigenvalue weighted by Crippen LogP contribution is 2.40. The zero-order valence-electron chi connectivity index (χ0n) is 52.2. The number of rotatable bonds is 25. The Hall–Kier alpha value is -8.15. The number of anilines is 1. The number of benzene rings is 1. The van der Waals surface area contributed by atoms with E-state index in [1.54, 1.807) is 24.3 Å². The van der Waals surface area contributed by atoms with Crippen molar-refractivity contribution in [2.75, 3.05) is 31.7 Å². The molecule has 4 aliphatic heterocycles. The summed E-state index contributed by atoms with van der Waals surface area (Å²) in [4.78, 5) is 168. The van der Waals surface area contributed by atoms with Gasteiger partial charge in [0.25, 0.3) is 0 Å². The molecule has 0 amide bonds. The van der Waals surface area contributed by atoms with Gasteiger partial charge >= 0.3 is 77.6 Å². The molecular formula is C57H75NO33. The molecule has 0 aliphatic carbocycles. The van der Waals surface area contributed by atoms with Gasteiger partial charge in [-0.2, -0.15) is 0 Å². The van der Waals surface area contributed by atoms with Gasteiger partial charge in [-0.15, -0.1) is 0 Å². The van der Waals surface area contributed by atoms with Crippen LogP contribution in [0.4, 0.5) is 5.69 Å². The minimum Gasteiger partial charge on any atom is -0.463 e. The molecule has 34 heteroatoms. The Labute approximate surface area is 520 Å². The van der Waals surface area contributed by atoms with E-state index in [1.807, 2.05) is 6.92 Å². The fourth-order valence-corrected chi connectivity index (χ4v) is 10.0. The SMILES string of the molecule is CC(=O)OC[C@H]1O[C@@H](O[C@H]2[C@H](OC(C)=O)[C@@H](OC(C)=O)[C@H](O[C@H]3[C@H](OC(C)=O)[C@@H](OC(C)=O)[C@H](O[C@H]4[C@H](OC(C)=O)[C@@H](OC(C)=O)C(Nc5ccc(C)cc5)O[C@@H]4COC(C)=O)O[C@@H]3COC(C)=O)O[C@@H]2COC(C)=O)[C@H](OC(C)=O)[C@@H](OC(C)=O)[C@@H]1OC(C)=O. The van der Waals surface area contributed by atoms with Crippen LogP contribution in [0, 0.1) is 6.92 Å². The average molecular weight is 1300 g/mol. The molecule has 4 saturated heterocycles. The Morgan fingerprint density at radius 3 is 0.813 bits per heavy atom. The average Bonchev–Trinajstić information content (AvgIpc) is 0.778. The smallest absolute Gasteiger partial charge is 0.303 e. The molecule has 4 fully saturated rings. The molecule has 34 nitrogen and oxygen atoms in total. The number of carbonyl (C=O) groups excluding carboxylic acids is 13. The highest BCUT2D eigenvalue weighted by Gasteiger charge is 2.62. The highest BCUT2D eigenvalue weighted by atomic mass is 16.8. The van der Waals surface area contributed by atoms with Gasteiger partial charge in [-0.05, 0) is 19.1 Å². The van der Waals surface area contributed by atoms with Crippen molar-refractivity contribution in [3.8, 4) is 0 Å². The summed E-state index contributed by atoms with van der Waals surface area (Å²) in [5.41, 5.74) is 1.28. The molecule has 20 atom stereocenters. The summed E-state index contributed by atoms with van der Waals surface area (Å²) < 4.78 is 118. The van der Waals surface area contributed by atoms with Crippen molar-refractivity contribution in [1.82, 2.24) is 0 Å². The Balaban J connectivity index is 1.70. The van der Waals surface area contributed by atoms with Crippen molar-refractivity contribution in [1.29, 1.82) is 0 Å².